The van der Waals surface area contributed by atoms with Crippen LogP contribution in [0.1, 0.15) is 59.3 Å². The quantitative estimate of drug-likeness (QED) is 0.562. The van der Waals surface area contributed by atoms with E-state index < -0.39 is 11.7 Å². The van der Waals surface area contributed by atoms with Crippen molar-refractivity contribution in [3.8, 4) is 0 Å². The van der Waals surface area contributed by atoms with Crippen LogP contribution in [0.15, 0.2) is 34.6 Å². The summed E-state index contributed by atoms with van der Waals surface area (Å²) in [6, 6.07) is 0. The summed E-state index contributed by atoms with van der Waals surface area (Å²) in [7, 11) is 1.54. The third-order valence-electron chi connectivity index (χ3n) is 6.09. The van der Waals surface area contributed by atoms with Crippen LogP contribution < -0.4 is 0 Å². The highest BCUT2D eigenvalue weighted by Crippen LogP contribution is 2.45. The van der Waals surface area contributed by atoms with Gasteiger partial charge in [0.25, 0.3) is 0 Å². The van der Waals surface area contributed by atoms with Crippen molar-refractivity contribution in [1.82, 2.24) is 0 Å². The van der Waals surface area contributed by atoms with E-state index in [1.807, 2.05) is 19.9 Å². The Hall–Kier alpha value is -1.43. The van der Waals surface area contributed by atoms with Crippen LogP contribution in [-0.2, 0) is 9.53 Å². The molecule has 5 heteroatoms. The number of ketones is 1. The van der Waals surface area contributed by atoms with Gasteiger partial charge in [0.05, 0.1) is 12.2 Å². The molecule has 0 saturated carbocycles. The molecule has 0 aromatic rings. The van der Waals surface area contributed by atoms with Gasteiger partial charge in [-0.3, -0.25) is 4.79 Å². The summed E-state index contributed by atoms with van der Waals surface area (Å²) >= 11 is 0. The van der Waals surface area contributed by atoms with E-state index in [1.54, 1.807) is 0 Å². The zero-order valence-electron chi connectivity index (χ0n) is 17.0. The third kappa shape index (κ3) is 5.09. The zero-order valence-corrected chi connectivity index (χ0v) is 17.0. The maximum absolute atomic E-state index is 12.4. The lowest BCUT2D eigenvalue weighted by Gasteiger charge is -2.33. The third-order valence-corrected chi connectivity index (χ3v) is 6.09. The average Bonchev–Trinajstić information content (AvgIpc) is 2.92. The van der Waals surface area contributed by atoms with Crippen LogP contribution in [0.3, 0.4) is 0 Å². The van der Waals surface area contributed by atoms with E-state index in [2.05, 4.69) is 13.0 Å². The minimum absolute atomic E-state index is 0.0324. The number of allylic oxidation sites excluding steroid dienone is 2. The first-order chi connectivity index (χ1) is 12.7. The van der Waals surface area contributed by atoms with Gasteiger partial charge in [0.2, 0.25) is 0 Å². The molecule has 4 atom stereocenters. The van der Waals surface area contributed by atoms with Crippen LogP contribution in [0.2, 0.25) is 0 Å². The molecule has 4 unspecified atom stereocenters. The Kier molecular flexibility index (Phi) is 7.43. The molecular weight excluding hydrogens is 344 g/mol. The number of rotatable bonds is 8. The SMILES string of the molecule is COC1CCC(=O)C(CC2C(C(C)CCC=C(C)CO)=CCC2(C)O)=C1O. The van der Waals surface area contributed by atoms with E-state index in [9.17, 15) is 15.0 Å². The standard InChI is InChI=1S/C22H34O5/c1-14(13-23)6-5-7-15(2)16-10-11-22(3,26)18(16)12-17-19(24)8-9-20(27-4)21(17)25/h6,10,15,18,20,23,25-26H,5,7-9,11-13H2,1-4H3. The van der Waals surface area contributed by atoms with Crippen LogP contribution in [0.4, 0.5) is 0 Å². The van der Waals surface area contributed by atoms with Crippen molar-refractivity contribution in [2.75, 3.05) is 13.7 Å². The molecule has 0 heterocycles. The van der Waals surface area contributed by atoms with Gasteiger partial charge in [-0.2, -0.15) is 0 Å². The van der Waals surface area contributed by atoms with Crippen LogP contribution in [0.5, 0.6) is 0 Å². The largest absolute Gasteiger partial charge is 0.509 e. The maximum Gasteiger partial charge on any atom is 0.162 e. The minimum atomic E-state index is -0.923. The normalized spacial score (nSPS) is 30.7. The number of aliphatic hydroxyl groups excluding tert-OH is 2. The van der Waals surface area contributed by atoms with Crippen LogP contribution in [-0.4, -0.2) is 46.5 Å². The van der Waals surface area contributed by atoms with E-state index >= 15 is 0 Å². The predicted molar refractivity (Wildman–Crippen MR) is 105 cm³/mol. The monoisotopic (exact) mass is 378 g/mol. The highest BCUT2D eigenvalue weighted by Gasteiger charge is 2.42. The molecule has 0 fully saturated rings. The van der Waals surface area contributed by atoms with Gasteiger partial charge in [-0.25, -0.2) is 0 Å². The molecule has 3 N–H and O–H groups in total. The van der Waals surface area contributed by atoms with Crippen molar-refractivity contribution in [3.05, 3.63) is 34.6 Å². The highest BCUT2D eigenvalue weighted by molar-refractivity contribution is 5.97. The number of ether oxygens (including phenoxy) is 1. The van der Waals surface area contributed by atoms with Crippen LogP contribution in [0.25, 0.3) is 0 Å². The summed E-state index contributed by atoms with van der Waals surface area (Å²) in [5.74, 6) is 0.0560. The van der Waals surface area contributed by atoms with E-state index in [0.717, 1.165) is 24.0 Å². The van der Waals surface area contributed by atoms with Crippen LogP contribution in [0, 0.1) is 11.8 Å². The lowest BCUT2D eigenvalue weighted by molar-refractivity contribution is -0.118. The topological polar surface area (TPSA) is 87.0 Å². The number of aliphatic hydroxyl groups is 3. The molecule has 0 saturated heterocycles. The molecule has 0 aromatic heterocycles. The van der Waals surface area contributed by atoms with Crippen molar-refractivity contribution in [2.45, 2.75) is 71.0 Å². The lowest BCUT2D eigenvalue weighted by atomic mass is 9.76. The second-order valence-electron chi connectivity index (χ2n) is 8.26. The number of carbonyl (C=O) groups excluding carboxylic acids is 1. The molecule has 0 radical (unpaired) electrons. The first-order valence-corrected chi connectivity index (χ1v) is 9.88. The fourth-order valence-electron chi connectivity index (χ4n) is 4.20. The Morgan fingerprint density at radius 2 is 2.19 bits per heavy atom. The van der Waals surface area contributed by atoms with Crippen molar-refractivity contribution >= 4 is 5.78 Å². The molecule has 0 spiro atoms. The highest BCUT2D eigenvalue weighted by atomic mass is 16.5. The Morgan fingerprint density at radius 3 is 2.81 bits per heavy atom. The number of Topliss-reactive ketones (excluding diaryl/α,β-unsaturated/α-hetero) is 1. The molecule has 2 aliphatic rings. The second-order valence-corrected chi connectivity index (χ2v) is 8.26. The minimum Gasteiger partial charge on any atom is -0.509 e. The number of hydrogen-bond donors (Lipinski definition) is 3. The van der Waals surface area contributed by atoms with Crippen molar-refractivity contribution in [2.24, 2.45) is 11.8 Å². The molecule has 0 amide bonds. The van der Waals surface area contributed by atoms with Gasteiger partial charge in [-0.05, 0) is 51.9 Å². The molecule has 0 aromatic carbocycles. The Morgan fingerprint density at radius 1 is 1.48 bits per heavy atom. The fourth-order valence-corrected chi connectivity index (χ4v) is 4.20. The van der Waals surface area contributed by atoms with E-state index in [1.165, 1.54) is 7.11 Å². The summed E-state index contributed by atoms with van der Waals surface area (Å²) in [6.45, 7) is 5.92. The number of methoxy groups -OCH3 is 1. The Labute approximate surface area is 162 Å². The molecule has 5 nitrogen and oxygen atoms in total. The van der Waals surface area contributed by atoms with Gasteiger partial charge in [0.15, 0.2) is 5.78 Å². The molecule has 2 rings (SSSR count). The smallest absolute Gasteiger partial charge is 0.162 e. The number of hydrogen-bond acceptors (Lipinski definition) is 5. The second kappa shape index (κ2) is 9.18. The Balaban J connectivity index is 2.17. The molecular formula is C22H34O5. The summed E-state index contributed by atoms with van der Waals surface area (Å²) in [4.78, 5) is 12.4. The number of carbonyl (C=O) groups is 1. The van der Waals surface area contributed by atoms with Gasteiger partial charge in [-0.15, -0.1) is 0 Å². The van der Waals surface area contributed by atoms with Crippen molar-refractivity contribution < 1.29 is 24.9 Å². The average molecular weight is 379 g/mol. The molecule has 27 heavy (non-hydrogen) atoms. The Bertz CT molecular complexity index is 641. The van der Waals surface area contributed by atoms with Gasteiger partial charge in [0.1, 0.15) is 11.9 Å². The van der Waals surface area contributed by atoms with Crippen molar-refractivity contribution in [3.63, 3.8) is 0 Å². The van der Waals surface area contributed by atoms with Gasteiger partial charge in [0, 0.05) is 25.0 Å². The zero-order chi connectivity index (χ0) is 20.2. The molecule has 0 bridgehead atoms. The van der Waals surface area contributed by atoms with E-state index in [-0.39, 0.29) is 30.0 Å². The maximum atomic E-state index is 12.4. The van der Waals surface area contributed by atoms with E-state index in [4.69, 9.17) is 9.84 Å². The summed E-state index contributed by atoms with van der Waals surface area (Å²) in [5, 5.41) is 30.5. The lowest BCUT2D eigenvalue weighted by Crippen LogP contribution is -2.35. The van der Waals surface area contributed by atoms with E-state index in [0.29, 0.717) is 31.3 Å². The first-order valence-electron chi connectivity index (χ1n) is 9.88. The van der Waals surface area contributed by atoms with Gasteiger partial charge < -0.3 is 20.1 Å². The van der Waals surface area contributed by atoms with Gasteiger partial charge in [-0.1, -0.05) is 30.2 Å². The predicted octanol–water partition coefficient (Wildman–Crippen LogP) is 3.62. The summed E-state index contributed by atoms with van der Waals surface area (Å²) in [5.41, 5.74) is 1.60. The fraction of sp³-hybridized carbons (Fsp3) is 0.682. The summed E-state index contributed by atoms with van der Waals surface area (Å²) < 4.78 is 5.29. The molecule has 0 aliphatic heterocycles. The van der Waals surface area contributed by atoms with Crippen molar-refractivity contribution in [1.29, 1.82) is 0 Å². The first kappa shape index (κ1) is 21.9. The van der Waals surface area contributed by atoms with Gasteiger partial charge >= 0.3 is 0 Å². The molecule has 2 aliphatic carbocycles. The summed E-state index contributed by atoms with van der Waals surface area (Å²) in [6.07, 6.45) is 7.25. The van der Waals surface area contributed by atoms with Crippen LogP contribution >= 0.6 is 0 Å². The molecule has 152 valence electrons.